The van der Waals surface area contributed by atoms with Crippen molar-refractivity contribution in [2.75, 3.05) is 20.7 Å². The van der Waals surface area contributed by atoms with E-state index in [1.807, 2.05) is 6.07 Å². The molecule has 0 bridgehead atoms. The van der Waals surface area contributed by atoms with Crippen molar-refractivity contribution in [3.8, 4) is 6.07 Å². The molecule has 11 heavy (non-hydrogen) atoms. The van der Waals surface area contributed by atoms with Crippen LogP contribution in [0.5, 0.6) is 0 Å². The van der Waals surface area contributed by atoms with Gasteiger partial charge >= 0.3 is 5.97 Å². The summed E-state index contributed by atoms with van der Waals surface area (Å²) in [5, 5.41) is 8.50. The SMILES string of the molecule is CCOC(=O)C(C#N)N(C)C. The Morgan fingerprint density at radius 3 is 2.55 bits per heavy atom. The van der Waals surface area contributed by atoms with Crippen molar-refractivity contribution in [2.24, 2.45) is 0 Å². The van der Waals surface area contributed by atoms with E-state index >= 15 is 0 Å². The second-order valence-corrected chi connectivity index (χ2v) is 2.25. The van der Waals surface area contributed by atoms with Gasteiger partial charge < -0.3 is 4.74 Å². The maximum Gasteiger partial charge on any atom is 0.338 e. The maximum absolute atomic E-state index is 10.9. The summed E-state index contributed by atoms with van der Waals surface area (Å²) in [6.07, 6.45) is 0. The van der Waals surface area contributed by atoms with Crippen LogP contribution in [0.1, 0.15) is 6.92 Å². The third kappa shape index (κ3) is 3.01. The molecule has 0 aliphatic carbocycles. The van der Waals surface area contributed by atoms with E-state index in [-0.39, 0.29) is 0 Å². The Labute approximate surface area is 66.4 Å². The Kier molecular flexibility index (Phi) is 4.23. The number of nitrogens with zero attached hydrogens (tertiary/aromatic N) is 2. The Balaban J connectivity index is 4.06. The number of likely N-dealkylation sites (N-methyl/N-ethyl adjacent to an activating group) is 1. The van der Waals surface area contributed by atoms with Gasteiger partial charge in [0.05, 0.1) is 12.7 Å². The average Bonchev–Trinajstić information content (AvgIpc) is 1.88. The largest absolute Gasteiger partial charge is 0.464 e. The van der Waals surface area contributed by atoms with E-state index in [1.165, 1.54) is 4.90 Å². The molecule has 62 valence electrons. The number of ether oxygens (including phenoxy) is 1. The molecule has 0 fully saturated rings. The Morgan fingerprint density at radius 2 is 2.27 bits per heavy atom. The van der Waals surface area contributed by atoms with Crippen LogP contribution in [0.25, 0.3) is 0 Å². The number of carbonyl (C=O) groups is 1. The van der Waals surface area contributed by atoms with Crippen molar-refractivity contribution in [3.63, 3.8) is 0 Å². The highest BCUT2D eigenvalue weighted by Crippen LogP contribution is 1.94. The summed E-state index contributed by atoms with van der Waals surface area (Å²) in [6, 6.07) is 1.06. The molecule has 0 aromatic heterocycles. The average molecular weight is 156 g/mol. The molecule has 4 heteroatoms. The lowest BCUT2D eigenvalue weighted by molar-refractivity contribution is -0.146. The second kappa shape index (κ2) is 4.69. The molecular weight excluding hydrogens is 144 g/mol. The molecule has 1 unspecified atom stereocenters. The predicted octanol–water partition coefficient (Wildman–Crippen LogP) is 0.00328. The van der Waals surface area contributed by atoms with Crippen LogP contribution in [0.4, 0.5) is 0 Å². The molecular formula is C7H12N2O2. The molecule has 4 nitrogen and oxygen atoms in total. The highest BCUT2D eigenvalue weighted by molar-refractivity contribution is 5.78. The number of hydrogen-bond acceptors (Lipinski definition) is 4. The minimum absolute atomic E-state index is 0.310. The summed E-state index contributed by atoms with van der Waals surface area (Å²) in [4.78, 5) is 12.4. The quantitative estimate of drug-likeness (QED) is 0.540. The summed E-state index contributed by atoms with van der Waals surface area (Å²) in [5.41, 5.74) is 0. The lowest BCUT2D eigenvalue weighted by atomic mass is 10.3. The Morgan fingerprint density at radius 1 is 1.73 bits per heavy atom. The van der Waals surface area contributed by atoms with E-state index in [0.29, 0.717) is 6.61 Å². The maximum atomic E-state index is 10.9. The molecule has 0 aromatic rings. The summed E-state index contributed by atoms with van der Waals surface area (Å²) in [7, 11) is 3.32. The van der Waals surface area contributed by atoms with Gasteiger partial charge in [-0.3, -0.25) is 4.90 Å². The monoisotopic (exact) mass is 156 g/mol. The molecule has 0 aromatic carbocycles. The minimum atomic E-state index is -0.782. The summed E-state index contributed by atoms with van der Waals surface area (Å²) < 4.78 is 4.65. The minimum Gasteiger partial charge on any atom is -0.464 e. The van der Waals surface area contributed by atoms with Crippen LogP contribution in [0.3, 0.4) is 0 Å². The highest BCUT2D eigenvalue weighted by atomic mass is 16.5. The zero-order valence-electron chi connectivity index (χ0n) is 7.00. The van der Waals surface area contributed by atoms with Gasteiger partial charge in [0.1, 0.15) is 0 Å². The summed E-state index contributed by atoms with van der Waals surface area (Å²) >= 11 is 0. The molecule has 0 amide bonds. The van der Waals surface area contributed by atoms with E-state index in [1.54, 1.807) is 21.0 Å². The first-order chi connectivity index (χ1) is 5.13. The van der Waals surface area contributed by atoms with Crippen LogP contribution in [-0.4, -0.2) is 37.6 Å². The third-order valence-corrected chi connectivity index (χ3v) is 1.15. The molecule has 0 aliphatic rings. The molecule has 0 saturated carbocycles. The molecule has 0 N–H and O–H groups in total. The van der Waals surface area contributed by atoms with Crippen LogP contribution in [0, 0.1) is 11.3 Å². The normalized spacial score (nSPS) is 12.3. The molecule has 0 aliphatic heterocycles. The summed E-state index contributed by atoms with van der Waals surface area (Å²) in [6.45, 7) is 2.02. The number of rotatable bonds is 3. The number of carbonyl (C=O) groups excluding carboxylic acids is 1. The molecule has 0 heterocycles. The molecule has 0 saturated heterocycles. The standard InChI is InChI=1S/C7H12N2O2/c1-4-11-7(10)6(5-8)9(2)3/h6H,4H2,1-3H3. The molecule has 1 atom stereocenters. The van der Waals surface area contributed by atoms with Crippen molar-refractivity contribution < 1.29 is 9.53 Å². The first-order valence-electron chi connectivity index (χ1n) is 3.36. The van der Waals surface area contributed by atoms with Gasteiger partial charge in [-0.25, -0.2) is 4.79 Å². The van der Waals surface area contributed by atoms with Crippen LogP contribution in [0.2, 0.25) is 0 Å². The van der Waals surface area contributed by atoms with Crippen molar-refractivity contribution in [3.05, 3.63) is 0 Å². The van der Waals surface area contributed by atoms with Gasteiger partial charge in [0, 0.05) is 0 Å². The fourth-order valence-electron chi connectivity index (χ4n) is 0.600. The van der Waals surface area contributed by atoms with Gasteiger partial charge in [0.25, 0.3) is 0 Å². The van der Waals surface area contributed by atoms with Crippen LogP contribution in [-0.2, 0) is 9.53 Å². The van der Waals surface area contributed by atoms with Crippen molar-refractivity contribution >= 4 is 5.97 Å². The van der Waals surface area contributed by atoms with Crippen molar-refractivity contribution in [2.45, 2.75) is 13.0 Å². The fourth-order valence-corrected chi connectivity index (χ4v) is 0.600. The zero-order valence-corrected chi connectivity index (χ0v) is 7.00. The third-order valence-electron chi connectivity index (χ3n) is 1.15. The number of esters is 1. The van der Waals surface area contributed by atoms with Crippen molar-refractivity contribution in [1.29, 1.82) is 5.26 Å². The lowest BCUT2D eigenvalue weighted by Gasteiger charge is -2.14. The van der Waals surface area contributed by atoms with Gasteiger partial charge in [-0.15, -0.1) is 0 Å². The van der Waals surface area contributed by atoms with E-state index in [0.717, 1.165) is 0 Å². The van der Waals surface area contributed by atoms with Crippen LogP contribution in [0.15, 0.2) is 0 Å². The smallest absolute Gasteiger partial charge is 0.338 e. The number of nitriles is 1. The Hall–Kier alpha value is -1.08. The molecule has 0 spiro atoms. The van der Waals surface area contributed by atoms with Gasteiger partial charge in [-0.1, -0.05) is 0 Å². The van der Waals surface area contributed by atoms with Crippen molar-refractivity contribution in [1.82, 2.24) is 4.90 Å². The van der Waals surface area contributed by atoms with E-state index in [2.05, 4.69) is 4.74 Å². The Bertz CT molecular complexity index is 172. The van der Waals surface area contributed by atoms with Crippen LogP contribution < -0.4 is 0 Å². The summed E-state index contributed by atoms with van der Waals surface area (Å²) in [5.74, 6) is -0.486. The first-order valence-corrected chi connectivity index (χ1v) is 3.36. The van der Waals surface area contributed by atoms with E-state index < -0.39 is 12.0 Å². The van der Waals surface area contributed by atoms with Gasteiger partial charge in [0.15, 0.2) is 6.04 Å². The van der Waals surface area contributed by atoms with Gasteiger partial charge in [0.2, 0.25) is 0 Å². The molecule has 0 rings (SSSR count). The highest BCUT2D eigenvalue weighted by Gasteiger charge is 2.20. The fraction of sp³-hybridized carbons (Fsp3) is 0.714. The topological polar surface area (TPSA) is 53.3 Å². The zero-order chi connectivity index (χ0) is 8.85. The predicted molar refractivity (Wildman–Crippen MR) is 39.7 cm³/mol. The van der Waals surface area contributed by atoms with Gasteiger partial charge in [-0.2, -0.15) is 5.26 Å². The van der Waals surface area contributed by atoms with Crippen LogP contribution >= 0.6 is 0 Å². The van der Waals surface area contributed by atoms with E-state index in [4.69, 9.17) is 5.26 Å². The lowest BCUT2D eigenvalue weighted by Crippen LogP contribution is -2.35. The van der Waals surface area contributed by atoms with E-state index in [9.17, 15) is 4.79 Å². The van der Waals surface area contributed by atoms with Gasteiger partial charge in [-0.05, 0) is 21.0 Å². The second-order valence-electron chi connectivity index (χ2n) is 2.25. The molecule has 0 radical (unpaired) electrons. The first kappa shape index (κ1) is 9.92. The number of hydrogen-bond donors (Lipinski definition) is 0.